The van der Waals surface area contributed by atoms with Crippen LogP contribution in [0.2, 0.25) is 0 Å². The summed E-state index contributed by atoms with van der Waals surface area (Å²) in [5, 5.41) is -3.21. The molecule has 2 rings (SSSR count). The molecule has 0 unspecified atom stereocenters. The van der Waals surface area contributed by atoms with Crippen LogP contribution in [0.3, 0.4) is 0 Å². The molecule has 16 heteroatoms. The van der Waals surface area contributed by atoms with Crippen LogP contribution in [-0.2, 0) is 18.3 Å². The average Bonchev–Trinajstić information content (AvgIpc) is 2.50. The van der Waals surface area contributed by atoms with Gasteiger partial charge >= 0.3 is 30.4 Å². The van der Waals surface area contributed by atoms with E-state index in [0.29, 0.717) is 12.1 Å². The molecule has 0 aliphatic heterocycles. The summed E-state index contributed by atoms with van der Waals surface area (Å²) in [6.07, 6.45) is 0. The molecule has 0 fully saturated rings. The molecule has 2 aromatic carbocycles. The smallest absolute Gasteiger partial charge is 0.321 e. The summed E-state index contributed by atoms with van der Waals surface area (Å²) in [5.74, 6) is 0. The van der Waals surface area contributed by atoms with Crippen molar-refractivity contribution < 1.29 is 57.4 Å². The van der Waals surface area contributed by atoms with Crippen LogP contribution in [0.4, 0.5) is 0 Å². The summed E-state index contributed by atoms with van der Waals surface area (Å²) < 4.78 is 46.2. The zero-order valence-corrected chi connectivity index (χ0v) is 17.0. The fourth-order valence-electron chi connectivity index (χ4n) is 2.20. The zero-order chi connectivity index (χ0) is 21.7. The fourth-order valence-corrected chi connectivity index (χ4v) is 4.86. The van der Waals surface area contributed by atoms with E-state index in [1.54, 1.807) is 0 Å². The maximum absolute atomic E-state index is 11.5. The topological polar surface area (TPSA) is 230 Å². The molecule has 0 amide bonds. The normalized spacial score (nSPS) is 13.6. The maximum atomic E-state index is 11.5. The molecular formula is C12H14O12P4. The van der Waals surface area contributed by atoms with Gasteiger partial charge in [-0.15, -0.1) is 0 Å². The third-order valence-electron chi connectivity index (χ3n) is 3.48. The molecule has 0 spiro atoms. The molecule has 0 aliphatic carbocycles. The molecule has 0 saturated heterocycles. The van der Waals surface area contributed by atoms with Gasteiger partial charge in [0, 0.05) is 0 Å². The molecule has 0 aromatic heterocycles. The monoisotopic (exact) mass is 474 g/mol. The molecule has 0 aliphatic rings. The summed E-state index contributed by atoms with van der Waals surface area (Å²) in [5.41, 5.74) is -0.659. The molecule has 0 atom stereocenters. The minimum Gasteiger partial charge on any atom is -0.321 e. The van der Waals surface area contributed by atoms with Crippen molar-refractivity contribution in [3.8, 4) is 11.1 Å². The van der Waals surface area contributed by atoms with E-state index in [1.165, 1.54) is 0 Å². The molecular weight excluding hydrogens is 460 g/mol. The standard InChI is InChI=1S/C12H14O12P4/c13-25(14,15)9-1-7(2-10(5-9)26(16,17)18)8-3-11(27(19,20)21)6-12(4-8)28(22,23)24/h1-6H,(H2,13,14,15)(H2,16,17,18)(H2,19,20,21)(H2,22,23,24). The number of hydrogen-bond donors (Lipinski definition) is 8. The van der Waals surface area contributed by atoms with Crippen molar-refractivity contribution in [2.45, 2.75) is 0 Å². The molecule has 12 nitrogen and oxygen atoms in total. The molecule has 0 radical (unpaired) electrons. The highest BCUT2D eigenvalue weighted by molar-refractivity contribution is 7.62. The van der Waals surface area contributed by atoms with Crippen molar-refractivity contribution >= 4 is 51.6 Å². The Balaban J connectivity index is 2.90. The van der Waals surface area contributed by atoms with Crippen LogP contribution in [0, 0.1) is 0 Å². The number of rotatable bonds is 5. The molecule has 0 bridgehead atoms. The van der Waals surface area contributed by atoms with Crippen LogP contribution >= 0.6 is 30.4 Å². The van der Waals surface area contributed by atoms with E-state index in [1.807, 2.05) is 0 Å². The van der Waals surface area contributed by atoms with Gasteiger partial charge in [-0.2, -0.15) is 0 Å². The lowest BCUT2D eigenvalue weighted by Crippen LogP contribution is -2.17. The third-order valence-corrected chi connectivity index (χ3v) is 7.21. The van der Waals surface area contributed by atoms with E-state index in [4.69, 9.17) is 0 Å². The predicted molar refractivity (Wildman–Crippen MR) is 98.6 cm³/mol. The van der Waals surface area contributed by atoms with Gasteiger partial charge in [0.25, 0.3) is 0 Å². The lowest BCUT2D eigenvalue weighted by molar-refractivity contribution is 0.384. The molecule has 154 valence electrons. The summed E-state index contributed by atoms with van der Waals surface area (Å²) in [7, 11) is -20.0. The van der Waals surface area contributed by atoms with Crippen molar-refractivity contribution in [3.05, 3.63) is 36.4 Å². The maximum Gasteiger partial charge on any atom is 0.356 e. The van der Waals surface area contributed by atoms with Crippen LogP contribution in [-0.4, -0.2) is 39.1 Å². The summed E-state index contributed by atoms with van der Waals surface area (Å²) in [4.78, 5) is 74.6. The summed E-state index contributed by atoms with van der Waals surface area (Å²) >= 11 is 0. The Hall–Kier alpha value is -0.960. The second-order valence-corrected chi connectivity index (χ2v) is 12.1. The Labute approximate surface area is 157 Å². The second kappa shape index (κ2) is 7.38. The minimum atomic E-state index is -5.00. The van der Waals surface area contributed by atoms with E-state index in [2.05, 4.69) is 0 Å². The molecule has 8 N–H and O–H groups in total. The van der Waals surface area contributed by atoms with E-state index in [0.717, 1.165) is 24.3 Å². The second-order valence-electron chi connectivity index (χ2n) is 5.65. The molecule has 2 aromatic rings. The third kappa shape index (κ3) is 5.55. The summed E-state index contributed by atoms with van der Waals surface area (Å²) in [6, 6.07) is 4.32. The van der Waals surface area contributed by atoms with Crippen molar-refractivity contribution in [1.29, 1.82) is 0 Å². The highest BCUT2D eigenvalue weighted by Gasteiger charge is 2.28. The lowest BCUT2D eigenvalue weighted by atomic mass is 10.1. The van der Waals surface area contributed by atoms with Crippen LogP contribution in [0.1, 0.15) is 0 Å². The van der Waals surface area contributed by atoms with Crippen LogP contribution in [0.5, 0.6) is 0 Å². The predicted octanol–water partition coefficient (Wildman–Crippen LogP) is -1.43. The first-order valence-corrected chi connectivity index (χ1v) is 13.4. The van der Waals surface area contributed by atoms with E-state index >= 15 is 0 Å². The molecule has 0 saturated carbocycles. The van der Waals surface area contributed by atoms with E-state index in [9.17, 15) is 57.4 Å². The van der Waals surface area contributed by atoms with Crippen LogP contribution in [0.25, 0.3) is 11.1 Å². The van der Waals surface area contributed by atoms with Gasteiger partial charge in [0.15, 0.2) is 0 Å². The first-order chi connectivity index (χ1) is 12.4. The number of hydrogen-bond acceptors (Lipinski definition) is 4. The summed E-state index contributed by atoms with van der Waals surface area (Å²) in [6.45, 7) is 0. The first-order valence-electron chi connectivity index (χ1n) is 6.94. The van der Waals surface area contributed by atoms with Crippen LogP contribution < -0.4 is 21.2 Å². The van der Waals surface area contributed by atoms with Crippen molar-refractivity contribution in [2.24, 2.45) is 0 Å². The Morgan fingerprint density at radius 3 is 0.714 bits per heavy atom. The fraction of sp³-hybridized carbons (Fsp3) is 0. The van der Waals surface area contributed by atoms with Gasteiger partial charge in [0.2, 0.25) is 0 Å². The SMILES string of the molecule is O=P(O)(O)c1cc(-c2cc(P(=O)(O)O)cc(P(=O)(O)O)c2)cc(P(=O)(O)O)c1. The minimum absolute atomic E-state index is 0.329. The largest absolute Gasteiger partial charge is 0.356 e. The molecule has 28 heavy (non-hydrogen) atoms. The van der Waals surface area contributed by atoms with Crippen molar-refractivity contribution in [3.63, 3.8) is 0 Å². The first kappa shape index (κ1) is 23.3. The quantitative estimate of drug-likeness (QED) is 0.233. The Morgan fingerprint density at radius 1 is 0.393 bits per heavy atom. The molecule has 0 heterocycles. The average molecular weight is 474 g/mol. The van der Waals surface area contributed by atoms with Crippen molar-refractivity contribution in [2.75, 3.05) is 0 Å². The Bertz CT molecular complexity index is 947. The lowest BCUT2D eigenvalue weighted by Gasteiger charge is -2.15. The Morgan fingerprint density at radius 2 is 0.571 bits per heavy atom. The zero-order valence-electron chi connectivity index (χ0n) is 13.5. The Kier molecular flexibility index (Phi) is 6.15. The van der Waals surface area contributed by atoms with Gasteiger partial charge in [-0.3, -0.25) is 18.3 Å². The van der Waals surface area contributed by atoms with Crippen molar-refractivity contribution in [1.82, 2.24) is 0 Å². The van der Waals surface area contributed by atoms with E-state index < -0.39 is 51.6 Å². The van der Waals surface area contributed by atoms with Gasteiger partial charge in [-0.1, -0.05) is 0 Å². The highest BCUT2D eigenvalue weighted by Crippen LogP contribution is 2.41. The van der Waals surface area contributed by atoms with Gasteiger partial charge in [0.1, 0.15) is 0 Å². The van der Waals surface area contributed by atoms with Gasteiger partial charge in [0.05, 0.1) is 21.2 Å². The van der Waals surface area contributed by atoms with Crippen LogP contribution in [0.15, 0.2) is 36.4 Å². The van der Waals surface area contributed by atoms with Gasteiger partial charge in [-0.25, -0.2) is 0 Å². The number of benzene rings is 2. The van der Waals surface area contributed by atoms with Gasteiger partial charge in [-0.05, 0) is 47.5 Å². The highest BCUT2D eigenvalue weighted by atomic mass is 31.2. The van der Waals surface area contributed by atoms with E-state index in [-0.39, 0.29) is 11.1 Å². The van der Waals surface area contributed by atoms with Gasteiger partial charge < -0.3 is 39.1 Å².